The summed E-state index contributed by atoms with van der Waals surface area (Å²) < 4.78 is 2.00. The van der Waals surface area contributed by atoms with Crippen LogP contribution < -0.4 is 5.32 Å². The first-order valence-electron chi connectivity index (χ1n) is 10.3. The van der Waals surface area contributed by atoms with Gasteiger partial charge >= 0.3 is 6.03 Å². The number of hydrogen-bond donors (Lipinski definition) is 1. The lowest BCUT2D eigenvalue weighted by molar-refractivity contribution is -0.130. The number of ketones is 1. The second-order valence-electron chi connectivity index (χ2n) is 8.20. The number of rotatable bonds is 4. The largest absolute Gasteiger partial charge is 0.343 e. The molecular weight excluding hydrogens is 378 g/mol. The topological polar surface area (TPSA) is 71.4 Å². The van der Waals surface area contributed by atoms with Crippen molar-refractivity contribution in [3.05, 3.63) is 60.2 Å². The van der Waals surface area contributed by atoms with Gasteiger partial charge in [0.2, 0.25) is 0 Å². The summed E-state index contributed by atoms with van der Waals surface area (Å²) in [7, 11) is 1.93. The third-order valence-corrected chi connectivity index (χ3v) is 6.44. The number of nitrogens with one attached hydrogen (secondary N) is 1. The Morgan fingerprint density at radius 2 is 1.67 bits per heavy atom. The van der Waals surface area contributed by atoms with Gasteiger partial charge in [0.1, 0.15) is 5.54 Å². The molecule has 2 aliphatic rings. The minimum absolute atomic E-state index is 0.232. The first-order valence-corrected chi connectivity index (χ1v) is 10.3. The molecule has 6 nitrogen and oxygen atoms in total. The lowest BCUT2D eigenvalue weighted by Crippen LogP contribution is -2.44. The van der Waals surface area contributed by atoms with E-state index in [4.69, 9.17) is 0 Å². The molecule has 3 aromatic rings. The van der Waals surface area contributed by atoms with E-state index >= 15 is 0 Å². The molecule has 2 heterocycles. The Hall–Kier alpha value is -3.41. The third kappa shape index (κ3) is 2.67. The van der Waals surface area contributed by atoms with Gasteiger partial charge in [0.15, 0.2) is 5.78 Å². The van der Waals surface area contributed by atoms with Crippen molar-refractivity contribution in [2.75, 3.05) is 6.54 Å². The van der Waals surface area contributed by atoms with Crippen LogP contribution >= 0.6 is 0 Å². The standard InChI is InChI=1S/C24H23N3O3/c1-26-18-12-6-5-11-17(18)20(21(26)16-9-3-2-4-10-16)19(28)15-27-22(29)24(25-23(27)30)13-7-8-14-24/h2-6,9-12H,7-8,13-15H2,1H3,(H,25,30). The number of para-hydroxylation sites is 1. The van der Waals surface area contributed by atoms with Gasteiger partial charge in [-0.05, 0) is 24.5 Å². The van der Waals surface area contributed by atoms with Crippen molar-refractivity contribution in [3.8, 4) is 11.3 Å². The number of aryl methyl sites for hydroxylation is 1. The van der Waals surface area contributed by atoms with Crippen LogP contribution in [0.1, 0.15) is 36.0 Å². The molecule has 3 amide bonds. The molecule has 6 heteroatoms. The molecule has 1 spiro atoms. The van der Waals surface area contributed by atoms with Crippen molar-refractivity contribution < 1.29 is 14.4 Å². The monoisotopic (exact) mass is 401 g/mol. The fourth-order valence-corrected chi connectivity index (χ4v) is 4.97. The van der Waals surface area contributed by atoms with E-state index < -0.39 is 11.6 Å². The van der Waals surface area contributed by atoms with Gasteiger partial charge in [-0.15, -0.1) is 0 Å². The molecule has 1 saturated carbocycles. The highest BCUT2D eigenvalue weighted by atomic mass is 16.2. The minimum Gasteiger partial charge on any atom is -0.343 e. The maximum Gasteiger partial charge on any atom is 0.325 e. The van der Waals surface area contributed by atoms with E-state index in [-0.39, 0.29) is 18.2 Å². The summed E-state index contributed by atoms with van der Waals surface area (Å²) in [6.07, 6.45) is 3.11. The molecule has 1 saturated heterocycles. The average molecular weight is 401 g/mol. The van der Waals surface area contributed by atoms with Crippen LogP contribution in [0, 0.1) is 0 Å². The van der Waals surface area contributed by atoms with Crippen LogP contribution in [-0.2, 0) is 11.8 Å². The Balaban J connectivity index is 1.57. The van der Waals surface area contributed by atoms with Gasteiger partial charge in [-0.1, -0.05) is 61.4 Å². The molecule has 0 unspecified atom stereocenters. The number of benzene rings is 2. The van der Waals surface area contributed by atoms with E-state index in [0.29, 0.717) is 18.4 Å². The quantitative estimate of drug-likeness (QED) is 0.533. The van der Waals surface area contributed by atoms with Gasteiger partial charge in [-0.25, -0.2) is 4.79 Å². The van der Waals surface area contributed by atoms with Crippen molar-refractivity contribution >= 4 is 28.6 Å². The molecule has 1 N–H and O–H groups in total. The van der Waals surface area contributed by atoms with Gasteiger partial charge in [-0.3, -0.25) is 14.5 Å². The Bertz CT molecular complexity index is 1170. The summed E-state index contributed by atoms with van der Waals surface area (Å²) in [5.41, 5.74) is 2.39. The normalized spacial score (nSPS) is 17.8. The first-order chi connectivity index (χ1) is 14.5. The second kappa shape index (κ2) is 6.83. The maximum atomic E-state index is 13.5. The van der Waals surface area contributed by atoms with Crippen LogP contribution in [-0.4, -0.2) is 39.3 Å². The van der Waals surface area contributed by atoms with Crippen LogP contribution in [0.5, 0.6) is 0 Å². The predicted molar refractivity (Wildman–Crippen MR) is 114 cm³/mol. The number of amides is 3. The van der Waals surface area contributed by atoms with E-state index in [1.165, 1.54) is 0 Å². The molecular formula is C24H23N3O3. The number of urea groups is 1. The van der Waals surface area contributed by atoms with Crippen molar-refractivity contribution in [1.82, 2.24) is 14.8 Å². The summed E-state index contributed by atoms with van der Waals surface area (Å²) >= 11 is 0. The van der Waals surface area contributed by atoms with Gasteiger partial charge in [0.05, 0.1) is 17.8 Å². The van der Waals surface area contributed by atoms with Crippen LogP contribution in [0.25, 0.3) is 22.2 Å². The Kier molecular flexibility index (Phi) is 4.24. The number of hydrogen-bond acceptors (Lipinski definition) is 3. The van der Waals surface area contributed by atoms with Gasteiger partial charge in [0, 0.05) is 18.0 Å². The highest BCUT2D eigenvalue weighted by molar-refractivity contribution is 6.17. The van der Waals surface area contributed by atoms with E-state index in [9.17, 15) is 14.4 Å². The molecule has 1 aliphatic heterocycles. The van der Waals surface area contributed by atoms with E-state index in [0.717, 1.165) is 39.9 Å². The Labute approximate surface area is 174 Å². The van der Waals surface area contributed by atoms with Gasteiger partial charge in [-0.2, -0.15) is 0 Å². The fraction of sp³-hybridized carbons (Fsp3) is 0.292. The van der Waals surface area contributed by atoms with E-state index in [1.807, 2.05) is 66.2 Å². The van der Waals surface area contributed by atoms with Crippen molar-refractivity contribution in [2.45, 2.75) is 31.2 Å². The minimum atomic E-state index is -0.807. The molecule has 2 fully saturated rings. The van der Waals surface area contributed by atoms with Crippen LogP contribution in [0.3, 0.4) is 0 Å². The molecule has 0 bridgehead atoms. The molecule has 30 heavy (non-hydrogen) atoms. The molecule has 2 aromatic carbocycles. The number of imide groups is 1. The number of aromatic nitrogens is 1. The molecule has 1 aromatic heterocycles. The fourth-order valence-electron chi connectivity index (χ4n) is 4.97. The zero-order valence-electron chi connectivity index (χ0n) is 16.9. The lowest BCUT2D eigenvalue weighted by Gasteiger charge is -2.19. The van der Waals surface area contributed by atoms with Crippen molar-refractivity contribution in [3.63, 3.8) is 0 Å². The van der Waals surface area contributed by atoms with Gasteiger partial charge in [0.25, 0.3) is 5.91 Å². The number of fused-ring (bicyclic) bond motifs is 1. The summed E-state index contributed by atoms with van der Waals surface area (Å²) in [5.74, 6) is -0.496. The zero-order chi connectivity index (χ0) is 20.9. The van der Waals surface area contributed by atoms with E-state index in [1.54, 1.807) is 0 Å². The SMILES string of the molecule is Cn1c(-c2ccccc2)c(C(=O)CN2C(=O)NC3(CCCC3)C2=O)c2ccccc21. The molecule has 0 radical (unpaired) electrons. The molecule has 0 atom stereocenters. The number of nitrogens with zero attached hydrogens (tertiary/aromatic N) is 2. The smallest absolute Gasteiger partial charge is 0.325 e. The van der Waals surface area contributed by atoms with Crippen LogP contribution in [0.2, 0.25) is 0 Å². The van der Waals surface area contributed by atoms with Crippen molar-refractivity contribution in [2.24, 2.45) is 7.05 Å². The number of Topliss-reactive ketones (excluding diaryl/α,β-unsaturated/α-hetero) is 1. The third-order valence-electron chi connectivity index (χ3n) is 6.44. The summed E-state index contributed by atoms with van der Waals surface area (Å²) in [6, 6.07) is 17.0. The Morgan fingerprint density at radius 3 is 2.40 bits per heavy atom. The highest BCUT2D eigenvalue weighted by Gasteiger charge is 2.52. The van der Waals surface area contributed by atoms with Crippen LogP contribution in [0.15, 0.2) is 54.6 Å². The first kappa shape index (κ1) is 18.6. The number of carbonyl (C=O) groups excluding carboxylic acids is 3. The van der Waals surface area contributed by atoms with Gasteiger partial charge < -0.3 is 9.88 Å². The highest BCUT2D eigenvalue weighted by Crippen LogP contribution is 2.36. The summed E-state index contributed by atoms with van der Waals surface area (Å²) in [6.45, 7) is -0.250. The maximum absolute atomic E-state index is 13.5. The summed E-state index contributed by atoms with van der Waals surface area (Å²) in [4.78, 5) is 40.2. The average Bonchev–Trinajstić information content (AvgIpc) is 3.41. The molecule has 152 valence electrons. The molecule has 5 rings (SSSR count). The number of carbonyl (C=O) groups is 3. The zero-order valence-corrected chi connectivity index (χ0v) is 16.9. The molecule has 1 aliphatic carbocycles. The second-order valence-corrected chi connectivity index (χ2v) is 8.20. The Morgan fingerprint density at radius 1 is 1.00 bits per heavy atom. The van der Waals surface area contributed by atoms with Crippen LogP contribution in [0.4, 0.5) is 4.79 Å². The van der Waals surface area contributed by atoms with Crippen molar-refractivity contribution in [1.29, 1.82) is 0 Å². The lowest BCUT2D eigenvalue weighted by atomic mass is 9.97. The summed E-state index contributed by atoms with van der Waals surface area (Å²) in [5, 5.41) is 3.68. The predicted octanol–water partition coefficient (Wildman–Crippen LogP) is 3.89. The van der Waals surface area contributed by atoms with E-state index in [2.05, 4.69) is 5.32 Å².